The largest absolute Gasteiger partial charge is 0.465 e. The molecule has 0 saturated carbocycles. The Hall–Kier alpha value is -3.15. The second-order valence-corrected chi connectivity index (χ2v) is 5.95. The van der Waals surface area contributed by atoms with Crippen LogP contribution in [0.25, 0.3) is 0 Å². The highest BCUT2D eigenvalue weighted by molar-refractivity contribution is 6.06. The van der Waals surface area contributed by atoms with E-state index in [1.165, 1.54) is 7.11 Å². The van der Waals surface area contributed by atoms with Gasteiger partial charge < -0.3 is 14.8 Å². The molecular weight excluding hydrogens is 322 g/mol. The van der Waals surface area contributed by atoms with Gasteiger partial charge in [0, 0.05) is 6.42 Å². The molecule has 1 amide bonds. The molecule has 3 rings (SSSR count). The van der Waals surface area contributed by atoms with Crippen molar-refractivity contribution in [3.8, 4) is 0 Å². The van der Waals surface area contributed by atoms with Crippen LogP contribution in [0.1, 0.15) is 33.2 Å². The maximum Gasteiger partial charge on any atom is 0.339 e. The summed E-state index contributed by atoms with van der Waals surface area (Å²) >= 11 is 0. The Labute approximate surface area is 144 Å². The van der Waals surface area contributed by atoms with Crippen LogP contribution >= 0.6 is 0 Å². The zero-order valence-electron chi connectivity index (χ0n) is 13.9. The van der Waals surface area contributed by atoms with Crippen LogP contribution < -0.4 is 5.32 Å². The predicted molar refractivity (Wildman–Crippen MR) is 90.4 cm³/mol. The second kappa shape index (κ2) is 6.39. The van der Waals surface area contributed by atoms with Crippen LogP contribution in [0.15, 0.2) is 48.5 Å². The fourth-order valence-corrected chi connectivity index (χ4v) is 2.79. The van der Waals surface area contributed by atoms with E-state index in [1.807, 2.05) is 6.07 Å². The Kier molecular flexibility index (Phi) is 4.27. The standard InChI is InChI=1S/C19H17NO5/c1-19(11-12-7-3-4-8-13(12)17(22)25-19)18(23)20-15-10-6-5-9-14(15)16(21)24-2/h3-10H,11H2,1-2H3,(H,20,23)/t19-/m1/s1. The van der Waals surface area contributed by atoms with Crippen molar-refractivity contribution < 1.29 is 23.9 Å². The maximum atomic E-state index is 12.8. The minimum absolute atomic E-state index is 0.226. The molecule has 0 spiro atoms. The van der Waals surface area contributed by atoms with Gasteiger partial charge in [-0.15, -0.1) is 0 Å². The molecule has 1 heterocycles. The molecule has 0 saturated heterocycles. The monoisotopic (exact) mass is 339 g/mol. The number of esters is 2. The molecule has 6 heteroatoms. The van der Waals surface area contributed by atoms with Gasteiger partial charge in [0.05, 0.1) is 23.9 Å². The average molecular weight is 339 g/mol. The highest BCUT2D eigenvalue weighted by Crippen LogP contribution is 2.29. The Balaban J connectivity index is 1.88. The van der Waals surface area contributed by atoms with Gasteiger partial charge in [0.1, 0.15) is 0 Å². The molecule has 1 aliphatic rings. The van der Waals surface area contributed by atoms with Crippen molar-refractivity contribution >= 4 is 23.5 Å². The van der Waals surface area contributed by atoms with Crippen molar-refractivity contribution in [3.63, 3.8) is 0 Å². The molecule has 1 aliphatic heterocycles. The van der Waals surface area contributed by atoms with Gasteiger partial charge in [-0.1, -0.05) is 30.3 Å². The van der Waals surface area contributed by atoms with Crippen LogP contribution in [0.4, 0.5) is 5.69 Å². The minimum atomic E-state index is -1.37. The summed E-state index contributed by atoms with van der Waals surface area (Å²) in [6.45, 7) is 1.55. The fraction of sp³-hybridized carbons (Fsp3) is 0.211. The van der Waals surface area contributed by atoms with Crippen LogP contribution in [0.3, 0.4) is 0 Å². The van der Waals surface area contributed by atoms with E-state index in [0.29, 0.717) is 11.3 Å². The molecule has 0 fully saturated rings. The molecule has 0 unspecified atom stereocenters. The number of fused-ring (bicyclic) bond motifs is 1. The first kappa shape index (κ1) is 16.7. The zero-order chi connectivity index (χ0) is 18.0. The molecule has 0 aliphatic carbocycles. The van der Waals surface area contributed by atoms with Crippen molar-refractivity contribution in [1.82, 2.24) is 0 Å². The van der Waals surface area contributed by atoms with Gasteiger partial charge in [-0.05, 0) is 30.7 Å². The van der Waals surface area contributed by atoms with Gasteiger partial charge in [-0.25, -0.2) is 9.59 Å². The molecule has 1 atom stereocenters. The second-order valence-electron chi connectivity index (χ2n) is 5.95. The first-order valence-electron chi connectivity index (χ1n) is 7.74. The zero-order valence-corrected chi connectivity index (χ0v) is 13.9. The first-order chi connectivity index (χ1) is 11.9. The van der Waals surface area contributed by atoms with Crippen LogP contribution in [0.5, 0.6) is 0 Å². The summed E-state index contributed by atoms with van der Waals surface area (Å²) in [7, 11) is 1.27. The summed E-state index contributed by atoms with van der Waals surface area (Å²) in [6, 6.07) is 13.5. The molecule has 0 radical (unpaired) electrons. The predicted octanol–water partition coefficient (Wildman–Crippen LogP) is 2.58. The number of benzene rings is 2. The third-order valence-corrected chi connectivity index (χ3v) is 4.14. The molecule has 6 nitrogen and oxygen atoms in total. The Morgan fingerprint density at radius 1 is 1.12 bits per heavy atom. The van der Waals surface area contributed by atoms with E-state index in [0.717, 1.165) is 5.56 Å². The molecular formula is C19H17NO5. The number of carbonyl (C=O) groups excluding carboxylic acids is 3. The number of anilines is 1. The number of carbonyl (C=O) groups is 3. The molecule has 25 heavy (non-hydrogen) atoms. The number of hydrogen-bond acceptors (Lipinski definition) is 5. The first-order valence-corrected chi connectivity index (χ1v) is 7.74. The average Bonchev–Trinajstić information content (AvgIpc) is 2.61. The third kappa shape index (κ3) is 3.10. The lowest BCUT2D eigenvalue weighted by Crippen LogP contribution is -2.49. The Morgan fingerprint density at radius 3 is 2.56 bits per heavy atom. The highest BCUT2D eigenvalue weighted by Gasteiger charge is 2.42. The SMILES string of the molecule is COC(=O)c1ccccc1NC(=O)[C@@]1(C)Cc2ccccc2C(=O)O1. The van der Waals surface area contributed by atoms with Gasteiger partial charge in [0.2, 0.25) is 0 Å². The van der Waals surface area contributed by atoms with E-state index >= 15 is 0 Å². The van der Waals surface area contributed by atoms with Gasteiger partial charge in [0.25, 0.3) is 5.91 Å². The van der Waals surface area contributed by atoms with E-state index in [9.17, 15) is 14.4 Å². The smallest absolute Gasteiger partial charge is 0.339 e. The van der Waals surface area contributed by atoms with E-state index in [2.05, 4.69) is 5.32 Å². The number of rotatable bonds is 3. The fourth-order valence-electron chi connectivity index (χ4n) is 2.79. The van der Waals surface area contributed by atoms with Crippen LogP contribution in [-0.2, 0) is 20.7 Å². The lowest BCUT2D eigenvalue weighted by molar-refractivity contribution is -0.134. The van der Waals surface area contributed by atoms with Crippen LogP contribution in [0, 0.1) is 0 Å². The number of para-hydroxylation sites is 1. The summed E-state index contributed by atoms with van der Waals surface area (Å²) in [5.41, 5.74) is 0.370. The lowest BCUT2D eigenvalue weighted by atomic mass is 9.89. The normalized spacial score (nSPS) is 18.7. The van der Waals surface area contributed by atoms with Crippen molar-refractivity contribution in [2.45, 2.75) is 18.9 Å². The number of nitrogens with one attached hydrogen (secondary N) is 1. The number of ether oxygens (including phenoxy) is 2. The molecule has 128 valence electrons. The van der Waals surface area contributed by atoms with Crippen molar-refractivity contribution in [1.29, 1.82) is 0 Å². The van der Waals surface area contributed by atoms with Gasteiger partial charge in [-0.3, -0.25) is 4.79 Å². The van der Waals surface area contributed by atoms with Crippen molar-refractivity contribution in [2.24, 2.45) is 0 Å². The lowest BCUT2D eigenvalue weighted by Gasteiger charge is -2.33. The quantitative estimate of drug-likeness (QED) is 0.869. The summed E-state index contributed by atoms with van der Waals surface area (Å²) in [5, 5.41) is 2.67. The van der Waals surface area contributed by atoms with E-state index in [-0.39, 0.29) is 12.0 Å². The van der Waals surface area contributed by atoms with Crippen LogP contribution in [-0.4, -0.2) is 30.6 Å². The van der Waals surface area contributed by atoms with E-state index in [1.54, 1.807) is 49.4 Å². The molecule has 2 aromatic carbocycles. The highest BCUT2D eigenvalue weighted by atomic mass is 16.6. The molecule has 0 aromatic heterocycles. The summed E-state index contributed by atoms with van der Waals surface area (Å²) in [4.78, 5) is 36.8. The van der Waals surface area contributed by atoms with Gasteiger partial charge >= 0.3 is 11.9 Å². The molecule has 2 aromatic rings. The topological polar surface area (TPSA) is 81.7 Å². The Morgan fingerprint density at radius 2 is 1.80 bits per heavy atom. The van der Waals surface area contributed by atoms with E-state index in [4.69, 9.17) is 9.47 Å². The number of hydrogen-bond donors (Lipinski definition) is 1. The maximum absolute atomic E-state index is 12.8. The van der Waals surface area contributed by atoms with Gasteiger partial charge in [0.15, 0.2) is 5.60 Å². The Bertz CT molecular complexity index is 860. The van der Waals surface area contributed by atoms with Gasteiger partial charge in [-0.2, -0.15) is 0 Å². The van der Waals surface area contributed by atoms with E-state index < -0.39 is 23.4 Å². The van der Waals surface area contributed by atoms with Crippen molar-refractivity contribution in [2.75, 3.05) is 12.4 Å². The third-order valence-electron chi connectivity index (χ3n) is 4.14. The minimum Gasteiger partial charge on any atom is -0.465 e. The number of methoxy groups -OCH3 is 1. The molecule has 0 bridgehead atoms. The summed E-state index contributed by atoms with van der Waals surface area (Å²) < 4.78 is 10.1. The summed E-state index contributed by atoms with van der Waals surface area (Å²) in [6.07, 6.45) is 0.251. The molecule has 1 N–H and O–H groups in total. The van der Waals surface area contributed by atoms with Crippen molar-refractivity contribution in [3.05, 3.63) is 65.2 Å². The van der Waals surface area contributed by atoms with Crippen LogP contribution in [0.2, 0.25) is 0 Å². The number of amides is 1. The summed E-state index contributed by atoms with van der Waals surface area (Å²) in [5.74, 6) is -1.61. The number of cyclic esters (lactones) is 1.